The van der Waals surface area contributed by atoms with Crippen molar-refractivity contribution in [2.45, 2.75) is 6.54 Å². The normalized spacial score (nSPS) is 11.0. The minimum Gasteiger partial charge on any atom is -0.497 e. The lowest BCUT2D eigenvalue weighted by molar-refractivity contribution is 0.414. The Bertz CT molecular complexity index is 1030. The number of H-pyrrole nitrogens is 1. The molecule has 3 heterocycles. The Balaban J connectivity index is 1.80. The van der Waals surface area contributed by atoms with Crippen molar-refractivity contribution in [2.24, 2.45) is 0 Å². The Labute approximate surface area is 136 Å². The van der Waals surface area contributed by atoms with E-state index in [1.54, 1.807) is 30.1 Å². The van der Waals surface area contributed by atoms with Crippen LogP contribution in [0.4, 0.5) is 0 Å². The van der Waals surface area contributed by atoms with Crippen LogP contribution in [0.25, 0.3) is 22.6 Å². The van der Waals surface area contributed by atoms with E-state index in [0.717, 1.165) is 11.3 Å². The number of fused-ring (bicyclic) bond motifs is 1. The maximum absolute atomic E-state index is 12.4. The van der Waals surface area contributed by atoms with Crippen LogP contribution in [0.1, 0.15) is 5.56 Å². The van der Waals surface area contributed by atoms with Crippen LogP contribution in [0.5, 0.6) is 5.75 Å². The third-order valence-corrected chi connectivity index (χ3v) is 3.81. The van der Waals surface area contributed by atoms with E-state index >= 15 is 0 Å². The molecule has 0 saturated carbocycles. The molecule has 0 unspecified atom stereocenters. The standard InChI is InChI=1S/C17H14N4O3/c1-23-12-6-4-11(5-7-12)9-21-16-15(20-17(21)22)14(18-10-19-16)13-3-2-8-24-13/h2-8,10H,9H2,1H3,(H,20,22). The molecule has 0 amide bonds. The number of nitrogens with one attached hydrogen (secondary N) is 1. The highest BCUT2D eigenvalue weighted by atomic mass is 16.5. The lowest BCUT2D eigenvalue weighted by Crippen LogP contribution is -2.17. The molecule has 0 bridgehead atoms. The van der Waals surface area contributed by atoms with E-state index in [9.17, 15) is 4.79 Å². The van der Waals surface area contributed by atoms with E-state index in [2.05, 4.69) is 15.0 Å². The van der Waals surface area contributed by atoms with Crippen molar-refractivity contribution in [1.82, 2.24) is 19.5 Å². The van der Waals surface area contributed by atoms with Crippen molar-refractivity contribution < 1.29 is 9.15 Å². The Kier molecular flexibility index (Phi) is 3.38. The molecule has 1 aromatic carbocycles. The summed E-state index contributed by atoms with van der Waals surface area (Å²) in [6, 6.07) is 11.1. The van der Waals surface area contributed by atoms with Gasteiger partial charge in [0.25, 0.3) is 0 Å². The zero-order valence-electron chi connectivity index (χ0n) is 12.9. The Morgan fingerprint density at radius 2 is 2.04 bits per heavy atom. The van der Waals surface area contributed by atoms with Crippen LogP contribution in [0.2, 0.25) is 0 Å². The number of ether oxygens (including phenoxy) is 1. The van der Waals surface area contributed by atoms with Gasteiger partial charge in [-0.2, -0.15) is 0 Å². The predicted molar refractivity (Wildman–Crippen MR) is 87.9 cm³/mol. The van der Waals surface area contributed by atoms with E-state index in [1.165, 1.54) is 6.33 Å². The van der Waals surface area contributed by atoms with E-state index in [4.69, 9.17) is 9.15 Å². The molecule has 0 aliphatic heterocycles. The molecule has 0 fully saturated rings. The largest absolute Gasteiger partial charge is 0.497 e. The smallest absolute Gasteiger partial charge is 0.328 e. The molecule has 24 heavy (non-hydrogen) atoms. The Morgan fingerprint density at radius 3 is 2.75 bits per heavy atom. The second-order valence-electron chi connectivity index (χ2n) is 5.26. The number of benzene rings is 1. The molecule has 0 radical (unpaired) electrons. The van der Waals surface area contributed by atoms with Crippen molar-refractivity contribution in [3.8, 4) is 17.2 Å². The monoisotopic (exact) mass is 322 g/mol. The molecular formula is C17H14N4O3. The lowest BCUT2D eigenvalue weighted by atomic mass is 10.2. The minimum absolute atomic E-state index is 0.242. The summed E-state index contributed by atoms with van der Waals surface area (Å²) >= 11 is 0. The molecule has 3 aromatic heterocycles. The van der Waals surface area contributed by atoms with Crippen molar-refractivity contribution in [2.75, 3.05) is 7.11 Å². The van der Waals surface area contributed by atoms with E-state index < -0.39 is 0 Å². The molecule has 0 aliphatic rings. The average molecular weight is 322 g/mol. The predicted octanol–water partition coefficient (Wildman–Crippen LogP) is 2.44. The van der Waals surface area contributed by atoms with Gasteiger partial charge in [-0.25, -0.2) is 14.8 Å². The summed E-state index contributed by atoms with van der Waals surface area (Å²) in [5.41, 5.74) is 2.39. The van der Waals surface area contributed by atoms with Crippen molar-refractivity contribution in [3.05, 3.63) is 65.0 Å². The zero-order valence-corrected chi connectivity index (χ0v) is 12.9. The minimum atomic E-state index is -0.242. The van der Waals surface area contributed by atoms with Crippen LogP contribution in [-0.4, -0.2) is 26.6 Å². The van der Waals surface area contributed by atoms with Crippen LogP contribution in [0, 0.1) is 0 Å². The number of nitrogens with zero attached hydrogens (tertiary/aromatic N) is 3. The molecule has 0 saturated heterocycles. The first-order valence-electron chi connectivity index (χ1n) is 7.36. The van der Waals surface area contributed by atoms with Crippen LogP contribution in [0.15, 0.2) is 58.2 Å². The molecule has 4 aromatic rings. The summed E-state index contributed by atoms with van der Waals surface area (Å²) in [7, 11) is 1.62. The molecule has 0 aliphatic carbocycles. The van der Waals surface area contributed by atoms with Crippen LogP contribution in [-0.2, 0) is 6.54 Å². The van der Waals surface area contributed by atoms with Gasteiger partial charge in [-0.3, -0.25) is 4.57 Å². The fourth-order valence-corrected chi connectivity index (χ4v) is 2.63. The van der Waals surface area contributed by atoms with Gasteiger partial charge in [-0.15, -0.1) is 0 Å². The Hall–Kier alpha value is -3.35. The fraction of sp³-hybridized carbons (Fsp3) is 0.118. The first-order valence-corrected chi connectivity index (χ1v) is 7.36. The van der Waals surface area contributed by atoms with Gasteiger partial charge in [0.15, 0.2) is 11.4 Å². The summed E-state index contributed by atoms with van der Waals surface area (Å²) in [6.45, 7) is 0.400. The maximum atomic E-state index is 12.4. The van der Waals surface area contributed by atoms with Gasteiger partial charge < -0.3 is 14.1 Å². The van der Waals surface area contributed by atoms with Gasteiger partial charge in [0.05, 0.1) is 19.9 Å². The number of hydrogen-bond donors (Lipinski definition) is 1. The third-order valence-electron chi connectivity index (χ3n) is 3.81. The molecule has 0 spiro atoms. The quantitative estimate of drug-likeness (QED) is 0.623. The molecule has 7 heteroatoms. The summed E-state index contributed by atoms with van der Waals surface area (Å²) < 4.78 is 12.1. The number of furan rings is 1. The first kappa shape index (κ1) is 14.3. The van der Waals surface area contributed by atoms with Gasteiger partial charge in [-0.05, 0) is 29.8 Å². The number of rotatable bonds is 4. The molecule has 4 rings (SSSR count). The average Bonchev–Trinajstić information content (AvgIpc) is 3.24. The van der Waals surface area contributed by atoms with Gasteiger partial charge in [0, 0.05) is 0 Å². The maximum Gasteiger partial charge on any atom is 0.328 e. The highest BCUT2D eigenvalue weighted by molar-refractivity contribution is 5.85. The fourth-order valence-electron chi connectivity index (χ4n) is 2.63. The summed E-state index contributed by atoms with van der Waals surface area (Å²) in [6.07, 6.45) is 2.99. The number of hydrogen-bond acceptors (Lipinski definition) is 5. The number of methoxy groups -OCH3 is 1. The van der Waals surface area contributed by atoms with Crippen LogP contribution in [0.3, 0.4) is 0 Å². The summed E-state index contributed by atoms with van der Waals surface area (Å²) in [5.74, 6) is 1.35. The van der Waals surface area contributed by atoms with Crippen molar-refractivity contribution in [3.63, 3.8) is 0 Å². The summed E-state index contributed by atoms with van der Waals surface area (Å²) in [5, 5.41) is 0. The topological polar surface area (TPSA) is 85.9 Å². The van der Waals surface area contributed by atoms with Gasteiger partial charge in [0.1, 0.15) is 23.3 Å². The SMILES string of the molecule is COc1ccc(Cn2c(=O)[nH]c3c(-c4ccco4)ncnc32)cc1. The molecule has 120 valence electrons. The second kappa shape index (κ2) is 5.69. The molecule has 0 atom stereocenters. The number of aromatic nitrogens is 4. The van der Waals surface area contributed by atoms with Crippen molar-refractivity contribution >= 4 is 11.2 Å². The zero-order chi connectivity index (χ0) is 16.5. The number of imidazole rings is 1. The summed E-state index contributed by atoms with van der Waals surface area (Å²) in [4.78, 5) is 23.7. The van der Waals surface area contributed by atoms with Crippen LogP contribution < -0.4 is 10.4 Å². The van der Waals surface area contributed by atoms with Gasteiger partial charge >= 0.3 is 5.69 Å². The molecule has 7 nitrogen and oxygen atoms in total. The van der Waals surface area contributed by atoms with Crippen molar-refractivity contribution in [1.29, 1.82) is 0 Å². The van der Waals surface area contributed by atoms with E-state index in [-0.39, 0.29) is 5.69 Å². The first-order chi connectivity index (χ1) is 11.8. The lowest BCUT2D eigenvalue weighted by Gasteiger charge is -2.05. The molecular weight excluding hydrogens is 308 g/mol. The van der Waals surface area contributed by atoms with E-state index in [1.807, 2.05) is 24.3 Å². The van der Waals surface area contributed by atoms with Gasteiger partial charge in [-0.1, -0.05) is 12.1 Å². The number of aromatic amines is 1. The highest BCUT2D eigenvalue weighted by Crippen LogP contribution is 2.23. The Morgan fingerprint density at radius 1 is 1.21 bits per heavy atom. The third kappa shape index (κ3) is 2.36. The van der Waals surface area contributed by atoms with Crippen LogP contribution >= 0.6 is 0 Å². The highest BCUT2D eigenvalue weighted by Gasteiger charge is 2.15. The molecule has 1 N–H and O–H groups in total. The van der Waals surface area contributed by atoms with E-state index in [0.29, 0.717) is 29.2 Å². The van der Waals surface area contributed by atoms with Gasteiger partial charge in [0.2, 0.25) is 0 Å². The second-order valence-corrected chi connectivity index (χ2v) is 5.26.